The van der Waals surface area contributed by atoms with Gasteiger partial charge < -0.3 is 5.32 Å². The highest BCUT2D eigenvalue weighted by Crippen LogP contribution is 2.27. The number of aromatic nitrogens is 3. The van der Waals surface area contributed by atoms with Crippen molar-refractivity contribution in [3.05, 3.63) is 45.0 Å². The number of carbonyl (C=O) groups excluding carboxylic acids is 1. The maximum Gasteiger partial charge on any atom is 0.295 e. The lowest BCUT2D eigenvalue weighted by molar-refractivity contribution is -0.384. The highest BCUT2D eigenvalue weighted by Gasteiger charge is 2.16. The Kier molecular flexibility index (Phi) is 4.49. The van der Waals surface area contributed by atoms with Crippen molar-refractivity contribution in [2.45, 2.75) is 19.8 Å². The van der Waals surface area contributed by atoms with E-state index in [2.05, 4.69) is 20.5 Å². The van der Waals surface area contributed by atoms with E-state index < -0.39 is 10.8 Å². The van der Waals surface area contributed by atoms with E-state index in [1.54, 1.807) is 0 Å². The lowest BCUT2D eigenvalue weighted by Crippen LogP contribution is -2.13. The summed E-state index contributed by atoms with van der Waals surface area (Å²) in [5.41, 5.74) is 0.107. The molecule has 0 bridgehead atoms. The summed E-state index contributed by atoms with van der Waals surface area (Å²) in [6.07, 6.45) is 1.58. The fraction of sp³-hybridized carbons (Fsp3) is 0.250. The molecule has 2 N–H and O–H groups in total. The summed E-state index contributed by atoms with van der Waals surface area (Å²) < 4.78 is 0. The van der Waals surface area contributed by atoms with Gasteiger partial charge in [-0.2, -0.15) is 0 Å². The maximum absolute atomic E-state index is 11.9. The van der Waals surface area contributed by atoms with Gasteiger partial charge in [0.15, 0.2) is 0 Å². The third-order valence-corrected chi connectivity index (χ3v) is 2.93. The zero-order chi connectivity index (χ0) is 15.4. The van der Waals surface area contributed by atoms with Crippen LogP contribution in [-0.4, -0.2) is 26.0 Å². The van der Waals surface area contributed by atoms with Crippen molar-refractivity contribution in [1.82, 2.24) is 15.2 Å². The zero-order valence-corrected chi connectivity index (χ0v) is 11.8. The van der Waals surface area contributed by atoms with E-state index in [4.69, 9.17) is 11.6 Å². The van der Waals surface area contributed by atoms with Crippen LogP contribution in [0.3, 0.4) is 0 Å². The molecular weight excluding hydrogens is 298 g/mol. The number of nitrogens with zero attached hydrogens (tertiary/aromatic N) is 3. The summed E-state index contributed by atoms with van der Waals surface area (Å²) in [6, 6.07) is 3.91. The number of carbonyl (C=O) groups is 1. The molecule has 21 heavy (non-hydrogen) atoms. The van der Waals surface area contributed by atoms with Crippen molar-refractivity contribution in [1.29, 1.82) is 0 Å². The normalized spacial score (nSPS) is 10.4. The second kappa shape index (κ2) is 6.31. The molecule has 1 heterocycles. The molecule has 2 aromatic rings. The van der Waals surface area contributed by atoms with Crippen molar-refractivity contribution >= 4 is 28.9 Å². The Morgan fingerprint density at radius 1 is 1.52 bits per heavy atom. The molecule has 2 rings (SSSR count). The number of hydrogen-bond acceptors (Lipinski definition) is 5. The molecule has 110 valence electrons. The van der Waals surface area contributed by atoms with Gasteiger partial charge >= 0.3 is 0 Å². The van der Waals surface area contributed by atoms with E-state index in [1.807, 2.05) is 6.92 Å². The lowest BCUT2D eigenvalue weighted by atomic mass is 10.3. The van der Waals surface area contributed by atoms with Crippen LogP contribution >= 0.6 is 11.6 Å². The summed E-state index contributed by atoms with van der Waals surface area (Å²) in [5.74, 6) is 0.121. The van der Waals surface area contributed by atoms with Gasteiger partial charge in [-0.15, -0.1) is 5.10 Å². The smallest absolute Gasteiger partial charge is 0.295 e. The monoisotopic (exact) mass is 309 g/mol. The Bertz CT molecular complexity index is 685. The van der Waals surface area contributed by atoms with E-state index in [0.717, 1.165) is 6.42 Å². The number of halogens is 1. The van der Waals surface area contributed by atoms with Crippen LogP contribution in [0.25, 0.3) is 0 Å². The van der Waals surface area contributed by atoms with Crippen molar-refractivity contribution in [3.63, 3.8) is 0 Å². The Morgan fingerprint density at radius 3 is 2.90 bits per heavy atom. The van der Waals surface area contributed by atoms with Gasteiger partial charge in [-0.05, 0) is 18.6 Å². The van der Waals surface area contributed by atoms with Crippen molar-refractivity contribution in [3.8, 4) is 0 Å². The standard InChI is InChI=1S/C12H12ClN5O3/c1-2-3-10-15-11(17-16-10)12(19)14-7-4-5-9(18(20)21)8(13)6-7/h4-6H,2-3H2,1H3,(H,14,19)(H,15,16,17). The van der Waals surface area contributed by atoms with Crippen LogP contribution in [0.2, 0.25) is 5.02 Å². The summed E-state index contributed by atoms with van der Waals surface area (Å²) in [5, 5.41) is 19.6. The number of rotatable bonds is 5. The fourth-order valence-electron chi connectivity index (χ4n) is 1.67. The van der Waals surface area contributed by atoms with Crippen LogP contribution in [0, 0.1) is 10.1 Å². The summed E-state index contributed by atoms with van der Waals surface area (Å²) in [7, 11) is 0. The molecule has 0 fully saturated rings. The zero-order valence-electron chi connectivity index (χ0n) is 11.1. The summed E-state index contributed by atoms with van der Waals surface area (Å²) in [6.45, 7) is 1.99. The van der Waals surface area contributed by atoms with Gasteiger partial charge in [-0.25, -0.2) is 4.98 Å². The second-order valence-corrected chi connectivity index (χ2v) is 4.64. The Morgan fingerprint density at radius 2 is 2.29 bits per heavy atom. The largest absolute Gasteiger partial charge is 0.319 e. The lowest BCUT2D eigenvalue weighted by Gasteiger charge is -2.03. The molecule has 0 aliphatic heterocycles. The first-order chi connectivity index (χ1) is 10.0. The third-order valence-electron chi connectivity index (χ3n) is 2.62. The molecular formula is C12H12ClN5O3. The predicted molar refractivity (Wildman–Crippen MR) is 76.4 cm³/mol. The van der Waals surface area contributed by atoms with E-state index in [1.165, 1.54) is 18.2 Å². The number of nitro benzene ring substituents is 1. The molecule has 9 heteroatoms. The Labute approximate surface area is 124 Å². The van der Waals surface area contributed by atoms with Gasteiger partial charge in [0.2, 0.25) is 5.82 Å². The molecule has 1 amide bonds. The summed E-state index contributed by atoms with van der Waals surface area (Å²) >= 11 is 5.77. The van der Waals surface area contributed by atoms with Crippen LogP contribution in [0.4, 0.5) is 11.4 Å². The first-order valence-corrected chi connectivity index (χ1v) is 6.55. The molecule has 0 aliphatic carbocycles. The van der Waals surface area contributed by atoms with Gasteiger partial charge in [0, 0.05) is 18.2 Å². The number of aromatic amines is 1. The molecule has 0 saturated carbocycles. The number of nitrogens with one attached hydrogen (secondary N) is 2. The number of hydrogen-bond donors (Lipinski definition) is 2. The van der Waals surface area contributed by atoms with Crippen molar-refractivity contribution in [2.75, 3.05) is 5.32 Å². The van der Waals surface area contributed by atoms with E-state index in [9.17, 15) is 14.9 Å². The molecule has 0 saturated heterocycles. The molecule has 1 aromatic heterocycles. The highest BCUT2D eigenvalue weighted by atomic mass is 35.5. The minimum atomic E-state index is -0.597. The third kappa shape index (κ3) is 3.54. The average Bonchev–Trinajstić information content (AvgIpc) is 2.87. The molecule has 0 radical (unpaired) electrons. The Hall–Kier alpha value is -2.48. The molecule has 0 aliphatic rings. The maximum atomic E-state index is 11.9. The number of nitro groups is 1. The van der Waals surface area contributed by atoms with Gasteiger partial charge in [0.25, 0.3) is 11.6 Å². The topological polar surface area (TPSA) is 114 Å². The number of anilines is 1. The van der Waals surface area contributed by atoms with Gasteiger partial charge in [0.05, 0.1) is 4.92 Å². The number of benzene rings is 1. The Balaban J connectivity index is 2.11. The fourth-order valence-corrected chi connectivity index (χ4v) is 1.91. The van der Waals surface area contributed by atoms with Crippen LogP contribution in [0.1, 0.15) is 29.8 Å². The molecule has 0 unspecified atom stereocenters. The van der Waals surface area contributed by atoms with Gasteiger partial charge in [-0.3, -0.25) is 20.0 Å². The predicted octanol–water partition coefficient (Wildman–Crippen LogP) is 2.57. The van der Waals surface area contributed by atoms with Crippen LogP contribution in [-0.2, 0) is 6.42 Å². The van der Waals surface area contributed by atoms with Crippen LogP contribution in [0.5, 0.6) is 0 Å². The van der Waals surface area contributed by atoms with Crippen LogP contribution < -0.4 is 5.32 Å². The molecule has 0 spiro atoms. The number of H-pyrrole nitrogens is 1. The van der Waals surface area contributed by atoms with E-state index in [-0.39, 0.29) is 16.5 Å². The number of aryl methyl sites for hydroxylation is 1. The van der Waals surface area contributed by atoms with Crippen LogP contribution in [0.15, 0.2) is 18.2 Å². The molecule has 0 atom stereocenters. The molecule has 1 aromatic carbocycles. The molecule has 8 nitrogen and oxygen atoms in total. The van der Waals surface area contributed by atoms with Gasteiger partial charge in [-0.1, -0.05) is 18.5 Å². The first kappa shape index (κ1) is 14.9. The minimum Gasteiger partial charge on any atom is -0.319 e. The summed E-state index contributed by atoms with van der Waals surface area (Å²) in [4.78, 5) is 26.0. The SMILES string of the molecule is CCCc1nc(C(=O)Nc2ccc([N+](=O)[O-])c(Cl)c2)n[nH]1. The highest BCUT2D eigenvalue weighted by molar-refractivity contribution is 6.33. The second-order valence-electron chi connectivity index (χ2n) is 4.23. The first-order valence-electron chi connectivity index (χ1n) is 6.17. The van der Waals surface area contributed by atoms with E-state index in [0.29, 0.717) is 17.9 Å². The van der Waals surface area contributed by atoms with Crippen molar-refractivity contribution < 1.29 is 9.72 Å². The van der Waals surface area contributed by atoms with E-state index >= 15 is 0 Å². The average molecular weight is 310 g/mol. The number of amides is 1. The van der Waals surface area contributed by atoms with Crippen molar-refractivity contribution in [2.24, 2.45) is 0 Å². The minimum absolute atomic E-state index is 0.00734. The van der Waals surface area contributed by atoms with Gasteiger partial charge in [0.1, 0.15) is 10.8 Å². The quantitative estimate of drug-likeness (QED) is 0.650.